The van der Waals surface area contributed by atoms with Gasteiger partial charge in [0.2, 0.25) is 0 Å². The van der Waals surface area contributed by atoms with E-state index in [9.17, 15) is 4.79 Å². The molecule has 5 nitrogen and oxygen atoms in total. The van der Waals surface area contributed by atoms with Crippen LogP contribution in [0.25, 0.3) is 5.57 Å². The van der Waals surface area contributed by atoms with E-state index in [2.05, 4.69) is 15.3 Å². The number of hydrazone groups is 1. The zero-order valence-electron chi connectivity index (χ0n) is 14.3. The molecular formula is C17H26N4O. The molecule has 0 aliphatic carbocycles. The Morgan fingerprint density at radius 1 is 1.45 bits per heavy atom. The van der Waals surface area contributed by atoms with E-state index in [1.165, 1.54) is 5.01 Å². The summed E-state index contributed by atoms with van der Waals surface area (Å²) in [6, 6.07) is 0. The molecule has 1 aromatic rings. The molecule has 1 amide bonds. The van der Waals surface area contributed by atoms with Crippen LogP contribution in [0, 0.1) is 5.92 Å². The third-order valence-electron chi connectivity index (χ3n) is 3.36. The van der Waals surface area contributed by atoms with Crippen LogP contribution in [0.5, 0.6) is 0 Å². The van der Waals surface area contributed by atoms with Gasteiger partial charge in [0.1, 0.15) is 0 Å². The average molecular weight is 302 g/mol. The summed E-state index contributed by atoms with van der Waals surface area (Å²) in [4.78, 5) is 12.7. The topological polar surface area (TPSA) is 61.4 Å². The molecule has 120 valence electrons. The molecule has 0 atom stereocenters. The van der Waals surface area contributed by atoms with E-state index in [1.54, 1.807) is 18.6 Å². The fourth-order valence-corrected chi connectivity index (χ4v) is 2.31. The number of rotatable bonds is 6. The minimum Gasteiger partial charge on any atom is -0.285 e. The fourth-order valence-electron chi connectivity index (χ4n) is 2.31. The summed E-state index contributed by atoms with van der Waals surface area (Å²) in [6.45, 7) is 12.4. The maximum atomic E-state index is 12.7. The van der Waals surface area contributed by atoms with Crippen molar-refractivity contribution in [1.82, 2.24) is 15.2 Å². The van der Waals surface area contributed by atoms with Crippen molar-refractivity contribution < 1.29 is 4.79 Å². The number of allylic oxidation sites excluding steroid dienone is 3. The zero-order valence-corrected chi connectivity index (χ0v) is 14.3. The van der Waals surface area contributed by atoms with Gasteiger partial charge in [0.25, 0.3) is 5.91 Å². The zero-order chi connectivity index (χ0) is 16.7. The normalized spacial score (nSPS) is 12.0. The van der Waals surface area contributed by atoms with Gasteiger partial charge in [-0.3, -0.25) is 9.89 Å². The maximum absolute atomic E-state index is 12.7. The molecule has 0 saturated heterocycles. The molecule has 0 fully saturated rings. The molecule has 0 aromatic carbocycles. The lowest BCUT2D eigenvalue weighted by molar-refractivity contribution is -0.127. The van der Waals surface area contributed by atoms with E-state index >= 15 is 0 Å². The highest BCUT2D eigenvalue weighted by molar-refractivity contribution is 6.09. The number of hydrogen-bond acceptors (Lipinski definition) is 3. The lowest BCUT2D eigenvalue weighted by Crippen LogP contribution is -2.29. The highest BCUT2D eigenvalue weighted by atomic mass is 16.2. The molecular weight excluding hydrogens is 276 g/mol. The largest absolute Gasteiger partial charge is 0.285 e. The Kier molecular flexibility index (Phi) is 6.76. The van der Waals surface area contributed by atoms with Gasteiger partial charge in [-0.2, -0.15) is 10.2 Å². The molecule has 0 spiro atoms. The second-order valence-electron chi connectivity index (χ2n) is 5.56. The first-order chi connectivity index (χ1) is 10.4. The van der Waals surface area contributed by atoms with Crippen LogP contribution >= 0.6 is 0 Å². The summed E-state index contributed by atoms with van der Waals surface area (Å²) < 4.78 is 0. The molecule has 1 aromatic heterocycles. The summed E-state index contributed by atoms with van der Waals surface area (Å²) in [7, 11) is 0. The van der Waals surface area contributed by atoms with E-state index < -0.39 is 0 Å². The number of likely N-dealkylation sites (N-methyl/N-ethyl adjacent to an activating group) is 1. The number of aromatic nitrogens is 2. The Morgan fingerprint density at radius 2 is 2.14 bits per heavy atom. The van der Waals surface area contributed by atoms with Crippen molar-refractivity contribution >= 4 is 17.7 Å². The fraction of sp³-hybridized carbons (Fsp3) is 0.471. The predicted molar refractivity (Wildman–Crippen MR) is 91.3 cm³/mol. The number of amides is 1. The molecule has 0 unspecified atom stereocenters. The van der Waals surface area contributed by atoms with Gasteiger partial charge in [-0.1, -0.05) is 25.5 Å². The summed E-state index contributed by atoms with van der Waals surface area (Å²) >= 11 is 0. The van der Waals surface area contributed by atoms with Crippen LogP contribution in [-0.2, 0) is 4.79 Å². The lowest BCUT2D eigenvalue weighted by atomic mass is 9.98. The Bertz CT molecular complexity index is 576. The van der Waals surface area contributed by atoms with E-state index in [-0.39, 0.29) is 11.8 Å². The SMILES string of the molecule is C/C=C(/C=N\N(CC)C(=O)C(=C(C)C)C(C)C)c1cn[nH]c1. The maximum Gasteiger partial charge on any atom is 0.270 e. The summed E-state index contributed by atoms with van der Waals surface area (Å²) in [5.41, 5.74) is 3.73. The van der Waals surface area contributed by atoms with Gasteiger partial charge in [-0.15, -0.1) is 0 Å². The van der Waals surface area contributed by atoms with Crippen molar-refractivity contribution in [3.8, 4) is 0 Å². The van der Waals surface area contributed by atoms with Crippen LogP contribution in [-0.4, -0.2) is 33.9 Å². The number of nitrogens with zero attached hydrogens (tertiary/aromatic N) is 3. The molecule has 22 heavy (non-hydrogen) atoms. The van der Waals surface area contributed by atoms with Crippen LogP contribution in [0.2, 0.25) is 0 Å². The number of hydrogen-bond donors (Lipinski definition) is 1. The first kappa shape index (κ1) is 17.9. The molecule has 0 aliphatic heterocycles. The minimum atomic E-state index is -0.0311. The smallest absolute Gasteiger partial charge is 0.270 e. The van der Waals surface area contributed by atoms with Gasteiger partial charge < -0.3 is 0 Å². The quantitative estimate of drug-likeness (QED) is 0.495. The van der Waals surface area contributed by atoms with Crippen molar-refractivity contribution in [3.05, 3.63) is 35.2 Å². The second kappa shape index (κ2) is 8.32. The van der Waals surface area contributed by atoms with Crippen molar-refractivity contribution in [1.29, 1.82) is 0 Å². The molecule has 1 heterocycles. The predicted octanol–water partition coefficient (Wildman–Crippen LogP) is 3.64. The number of H-pyrrole nitrogens is 1. The second-order valence-corrected chi connectivity index (χ2v) is 5.56. The monoisotopic (exact) mass is 302 g/mol. The minimum absolute atomic E-state index is 0.0311. The standard InChI is InChI=1S/C17H26N4O/c1-7-14(15-9-18-19-10-15)11-20-21(8-2)17(22)16(12(3)4)13(5)6/h7,9-12H,8H2,1-6H3,(H,18,19)/b14-7-,20-11-. The van der Waals surface area contributed by atoms with Gasteiger partial charge in [0.05, 0.1) is 12.4 Å². The molecule has 0 radical (unpaired) electrons. The van der Waals surface area contributed by atoms with Crippen LogP contribution in [0.15, 0.2) is 34.7 Å². The van der Waals surface area contributed by atoms with Gasteiger partial charge in [0, 0.05) is 29.5 Å². The van der Waals surface area contributed by atoms with Crippen LogP contribution in [0.3, 0.4) is 0 Å². The number of carbonyl (C=O) groups is 1. The van der Waals surface area contributed by atoms with E-state index in [4.69, 9.17) is 0 Å². The van der Waals surface area contributed by atoms with Crippen LogP contribution < -0.4 is 0 Å². The Hall–Kier alpha value is -2.17. The van der Waals surface area contributed by atoms with Crippen molar-refractivity contribution in [2.75, 3.05) is 6.54 Å². The van der Waals surface area contributed by atoms with Gasteiger partial charge in [-0.05, 0) is 33.6 Å². The highest BCUT2D eigenvalue weighted by Crippen LogP contribution is 2.18. The third kappa shape index (κ3) is 4.41. The number of carbonyl (C=O) groups excluding carboxylic acids is 1. The Morgan fingerprint density at radius 3 is 2.55 bits per heavy atom. The first-order valence-electron chi connectivity index (χ1n) is 7.61. The van der Waals surface area contributed by atoms with Crippen molar-refractivity contribution in [2.24, 2.45) is 11.0 Å². The van der Waals surface area contributed by atoms with Crippen LogP contribution in [0.1, 0.15) is 47.1 Å². The summed E-state index contributed by atoms with van der Waals surface area (Å²) in [5.74, 6) is 0.146. The Labute approximate surface area is 132 Å². The van der Waals surface area contributed by atoms with Crippen molar-refractivity contribution in [2.45, 2.75) is 41.5 Å². The summed E-state index contributed by atoms with van der Waals surface area (Å²) in [5, 5.41) is 12.6. The van der Waals surface area contributed by atoms with E-state index in [0.29, 0.717) is 6.54 Å². The Balaban J connectivity index is 3.00. The average Bonchev–Trinajstić information content (AvgIpc) is 2.96. The summed E-state index contributed by atoms with van der Waals surface area (Å²) in [6.07, 6.45) is 7.18. The van der Waals surface area contributed by atoms with Gasteiger partial charge in [0.15, 0.2) is 0 Å². The van der Waals surface area contributed by atoms with Gasteiger partial charge >= 0.3 is 0 Å². The highest BCUT2D eigenvalue weighted by Gasteiger charge is 2.20. The lowest BCUT2D eigenvalue weighted by Gasteiger charge is -2.20. The van der Waals surface area contributed by atoms with E-state index in [1.807, 2.05) is 47.6 Å². The molecule has 1 rings (SSSR count). The first-order valence-corrected chi connectivity index (χ1v) is 7.61. The molecule has 1 N–H and O–H groups in total. The molecule has 5 heteroatoms. The molecule has 0 aliphatic rings. The number of nitrogens with one attached hydrogen (secondary N) is 1. The van der Waals surface area contributed by atoms with E-state index in [0.717, 1.165) is 22.3 Å². The van der Waals surface area contributed by atoms with Gasteiger partial charge in [-0.25, -0.2) is 5.01 Å². The molecule has 0 bridgehead atoms. The van der Waals surface area contributed by atoms with Crippen LogP contribution in [0.4, 0.5) is 0 Å². The number of aromatic amines is 1. The molecule has 0 saturated carbocycles. The van der Waals surface area contributed by atoms with Crippen molar-refractivity contribution in [3.63, 3.8) is 0 Å². The third-order valence-corrected chi connectivity index (χ3v) is 3.36.